The van der Waals surface area contributed by atoms with Crippen LogP contribution in [0.1, 0.15) is 24.2 Å². The van der Waals surface area contributed by atoms with Crippen LogP contribution in [0.2, 0.25) is 0 Å². The molecule has 7 nitrogen and oxygen atoms in total. The zero-order valence-electron chi connectivity index (χ0n) is 15.6. The number of rotatable bonds is 7. The lowest BCUT2D eigenvalue weighted by Gasteiger charge is -2.24. The summed E-state index contributed by atoms with van der Waals surface area (Å²) in [5.74, 6) is 1.71. The molecule has 27 heavy (non-hydrogen) atoms. The highest BCUT2D eigenvalue weighted by molar-refractivity contribution is 5.89. The average Bonchev–Trinajstić information content (AvgIpc) is 3.37. The molecule has 2 amide bonds. The lowest BCUT2D eigenvalue weighted by Crippen LogP contribution is -2.46. The quantitative estimate of drug-likeness (QED) is 0.805. The minimum atomic E-state index is -0.455. The monoisotopic (exact) mass is 372 g/mol. The highest BCUT2D eigenvalue weighted by Gasteiger charge is 2.34. The van der Waals surface area contributed by atoms with Crippen molar-refractivity contribution in [3.05, 3.63) is 47.9 Å². The molecule has 2 aromatic rings. The van der Waals surface area contributed by atoms with Crippen molar-refractivity contribution >= 4 is 11.8 Å². The number of hydrogen-bond donors (Lipinski definition) is 1. The predicted octanol–water partition coefficient (Wildman–Crippen LogP) is 2.15. The number of hydrogen-bond acceptors (Lipinski definition) is 5. The van der Waals surface area contributed by atoms with Crippen LogP contribution in [0.5, 0.6) is 11.5 Å². The van der Waals surface area contributed by atoms with E-state index in [2.05, 4.69) is 5.32 Å². The van der Waals surface area contributed by atoms with Crippen molar-refractivity contribution in [2.24, 2.45) is 0 Å². The molecule has 0 radical (unpaired) electrons. The van der Waals surface area contributed by atoms with E-state index in [0.29, 0.717) is 36.8 Å². The zero-order valence-corrected chi connectivity index (χ0v) is 15.6. The van der Waals surface area contributed by atoms with Crippen LogP contribution in [0.15, 0.2) is 41.0 Å². The van der Waals surface area contributed by atoms with Crippen LogP contribution in [0.4, 0.5) is 0 Å². The number of benzene rings is 1. The molecule has 1 N–H and O–H groups in total. The molecule has 1 atom stereocenters. The van der Waals surface area contributed by atoms with Gasteiger partial charge in [-0.05, 0) is 43.2 Å². The van der Waals surface area contributed by atoms with Gasteiger partial charge in [-0.1, -0.05) is 0 Å². The molecule has 1 aromatic heterocycles. The first-order valence-electron chi connectivity index (χ1n) is 8.93. The highest BCUT2D eigenvalue weighted by atomic mass is 16.5. The van der Waals surface area contributed by atoms with Gasteiger partial charge in [-0.15, -0.1) is 0 Å². The fourth-order valence-corrected chi connectivity index (χ4v) is 3.33. The second-order valence-electron chi connectivity index (χ2n) is 6.40. The van der Waals surface area contributed by atoms with Crippen LogP contribution in [-0.2, 0) is 22.6 Å². The topological polar surface area (TPSA) is 81.0 Å². The molecule has 0 bridgehead atoms. The number of nitrogens with one attached hydrogen (secondary N) is 1. The molecule has 0 saturated carbocycles. The van der Waals surface area contributed by atoms with Crippen LogP contribution in [-0.4, -0.2) is 43.5 Å². The fourth-order valence-electron chi connectivity index (χ4n) is 3.33. The van der Waals surface area contributed by atoms with E-state index in [0.717, 1.165) is 12.0 Å². The number of nitrogens with zero attached hydrogens (tertiary/aromatic N) is 1. The van der Waals surface area contributed by atoms with E-state index in [4.69, 9.17) is 13.9 Å². The Bertz CT molecular complexity index is 788. The minimum absolute atomic E-state index is 0.0998. The van der Waals surface area contributed by atoms with Gasteiger partial charge < -0.3 is 24.1 Å². The van der Waals surface area contributed by atoms with Gasteiger partial charge >= 0.3 is 0 Å². The number of likely N-dealkylation sites (tertiary alicyclic amines) is 1. The normalized spacial score (nSPS) is 16.2. The van der Waals surface area contributed by atoms with Crippen LogP contribution in [0.3, 0.4) is 0 Å². The van der Waals surface area contributed by atoms with Gasteiger partial charge in [-0.3, -0.25) is 9.59 Å². The Kier molecular flexibility index (Phi) is 6.01. The summed E-state index contributed by atoms with van der Waals surface area (Å²) in [6, 6.07) is 8.47. The van der Waals surface area contributed by atoms with Crippen molar-refractivity contribution in [1.29, 1.82) is 0 Å². The molecule has 0 spiro atoms. The Morgan fingerprint density at radius 3 is 2.81 bits per heavy atom. The summed E-state index contributed by atoms with van der Waals surface area (Å²) < 4.78 is 15.8. The molecule has 1 aliphatic heterocycles. The van der Waals surface area contributed by atoms with Crippen molar-refractivity contribution in [2.45, 2.75) is 31.8 Å². The third-order valence-corrected chi connectivity index (χ3v) is 4.72. The first kappa shape index (κ1) is 18.8. The molecule has 1 aliphatic rings. The van der Waals surface area contributed by atoms with E-state index in [9.17, 15) is 9.59 Å². The van der Waals surface area contributed by atoms with Gasteiger partial charge in [0.05, 0.1) is 33.4 Å². The fraction of sp³-hybridized carbons (Fsp3) is 0.400. The first-order valence-corrected chi connectivity index (χ1v) is 8.93. The standard InChI is InChI=1S/C20H24N2O5/c1-25-15-7-8-18(26-2)14(11-15)12-19(23)22-9-3-6-17(22)20(24)21-13-16-5-4-10-27-16/h4-5,7-8,10-11,17H,3,6,9,12-13H2,1-2H3,(H,21,24). The van der Waals surface area contributed by atoms with Gasteiger partial charge in [0.2, 0.25) is 11.8 Å². The molecule has 7 heteroatoms. The number of furan rings is 1. The Morgan fingerprint density at radius 1 is 1.26 bits per heavy atom. The van der Waals surface area contributed by atoms with Gasteiger partial charge in [-0.2, -0.15) is 0 Å². The number of methoxy groups -OCH3 is 2. The molecule has 0 aliphatic carbocycles. The summed E-state index contributed by atoms with van der Waals surface area (Å²) in [4.78, 5) is 27.1. The average molecular weight is 372 g/mol. The van der Waals surface area contributed by atoms with E-state index in [1.807, 2.05) is 0 Å². The second kappa shape index (κ2) is 8.62. The van der Waals surface area contributed by atoms with Crippen molar-refractivity contribution in [3.8, 4) is 11.5 Å². The predicted molar refractivity (Wildman–Crippen MR) is 98.5 cm³/mol. The Morgan fingerprint density at radius 2 is 2.11 bits per heavy atom. The third-order valence-electron chi connectivity index (χ3n) is 4.72. The molecule has 1 saturated heterocycles. The van der Waals surface area contributed by atoms with Crippen molar-refractivity contribution in [3.63, 3.8) is 0 Å². The summed E-state index contributed by atoms with van der Waals surface area (Å²) in [6.07, 6.45) is 3.18. The SMILES string of the molecule is COc1ccc(OC)c(CC(=O)N2CCCC2C(=O)NCc2ccco2)c1. The van der Waals surface area contributed by atoms with Gasteiger partial charge in [0, 0.05) is 12.1 Å². The summed E-state index contributed by atoms with van der Waals surface area (Å²) in [5.41, 5.74) is 0.739. The molecule has 1 unspecified atom stereocenters. The summed E-state index contributed by atoms with van der Waals surface area (Å²) >= 11 is 0. The van der Waals surface area contributed by atoms with Crippen molar-refractivity contribution in [1.82, 2.24) is 10.2 Å². The van der Waals surface area contributed by atoms with E-state index < -0.39 is 6.04 Å². The van der Waals surface area contributed by atoms with Crippen molar-refractivity contribution in [2.75, 3.05) is 20.8 Å². The van der Waals surface area contributed by atoms with Gasteiger partial charge in [0.15, 0.2) is 0 Å². The lowest BCUT2D eigenvalue weighted by atomic mass is 10.1. The van der Waals surface area contributed by atoms with Crippen LogP contribution < -0.4 is 14.8 Å². The maximum Gasteiger partial charge on any atom is 0.243 e. The zero-order chi connectivity index (χ0) is 19.2. The van der Waals surface area contributed by atoms with Crippen LogP contribution in [0, 0.1) is 0 Å². The maximum absolute atomic E-state index is 12.9. The number of ether oxygens (including phenoxy) is 2. The van der Waals surface area contributed by atoms with E-state index >= 15 is 0 Å². The van der Waals surface area contributed by atoms with Gasteiger partial charge in [-0.25, -0.2) is 0 Å². The smallest absolute Gasteiger partial charge is 0.243 e. The largest absolute Gasteiger partial charge is 0.497 e. The first-order chi connectivity index (χ1) is 13.1. The molecule has 1 fully saturated rings. The van der Waals surface area contributed by atoms with Crippen molar-refractivity contribution < 1.29 is 23.5 Å². The molecular formula is C20H24N2O5. The molecule has 1 aromatic carbocycles. The van der Waals surface area contributed by atoms with E-state index in [1.54, 1.807) is 55.7 Å². The lowest BCUT2D eigenvalue weighted by molar-refractivity contribution is -0.138. The number of amides is 2. The second-order valence-corrected chi connectivity index (χ2v) is 6.40. The molecular weight excluding hydrogens is 348 g/mol. The van der Waals surface area contributed by atoms with Gasteiger partial charge in [0.1, 0.15) is 23.3 Å². The highest BCUT2D eigenvalue weighted by Crippen LogP contribution is 2.26. The Balaban J connectivity index is 1.65. The summed E-state index contributed by atoms with van der Waals surface area (Å²) in [7, 11) is 3.14. The Labute approximate surface area is 158 Å². The Hall–Kier alpha value is -2.96. The number of carbonyl (C=O) groups excluding carboxylic acids is 2. The molecule has 3 rings (SSSR count). The van der Waals surface area contributed by atoms with E-state index in [1.165, 1.54) is 0 Å². The summed E-state index contributed by atoms with van der Waals surface area (Å²) in [6.45, 7) is 0.887. The molecule has 144 valence electrons. The molecule has 2 heterocycles. The van der Waals surface area contributed by atoms with Crippen LogP contribution in [0.25, 0.3) is 0 Å². The van der Waals surface area contributed by atoms with Gasteiger partial charge in [0.25, 0.3) is 0 Å². The van der Waals surface area contributed by atoms with E-state index in [-0.39, 0.29) is 18.2 Å². The maximum atomic E-state index is 12.9. The number of carbonyl (C=O) groups is 2. The van der Waals surface area contributed by atoms with Crippen LogP contribution >= 0.6 is 0 Å². The summed E-state index contributed by atoms with van der Waals surface area (Å²) in [5, 5.41) is 2.85. The third kappa shape index (κ3) is 4.42. The minimum Gasteiger partial charge on any atom is -0.497 e.